The molecule has 5 N–H and O–H groups in total. The van der Waals surface area contributed by atoms with Crippen LogP contribution in [0.3, 0.4) is 0 Å². The Hall–Kier alpha value is -2.86. The van der Waals surface area contributed by atoms with E-state index in [9.17, 15) is 4.79 Å². The van der Waals surface area contributed by atoms with E-state index in [0.29, 0.717) is 24.3 Å². The normalized spacial score (nSPS) is 19.7. The van der Waals surface area contributed by atoms with E-state index in [1.165, 1.54) is 0 Å². The fourth-order valence-electron chi connectivity index (χ4n) is 2.67. The maximum Gasteiger partial charge on any atom is 0.241 e. The molecule has 6 heteroatoms. The summed E-state index contributed by atoms with van der Waals surface area (Å²) in [6, 6.07) is 16.2. The number of para-hydroxylation sites is 1. The summed E-state index contributed by atoms with van der Waals surface area (Å²) in [5.41, 5.74) is 6.89. The second-order valence-corrected chi connectivity index (χ2v) is 5.73. The van der Waals surface area contributed by atoms with Crippen molar-refractivity contribution in [3.8, 4) is 5.75 Å². The zero-order chi connectivity index (χ0) is 16.9. The van der Waals surface area contributed by atoms with Gasteiger partial charge in [-0.1, -0.05) is 30.3 Å². The fraction of sp³-hybridized carbons (Fsp3) is 0.222. The highest BCUT2D eigenvalue weighted by Crippen LogP contribution is 2.19. The number of ether oxygens (including phenoxy) is 1. The Morgan fingerprint density at radius 1 is 1.21 bits per heavy atom. The zero-order valence-electron chi connectivity index (χ0n) is 13.2. The van der Waals surface area contributed by atoms with Crippen molar-refractivity contribution < 1.29 is 9.53 Å². The third-order valence-corrected chi connectivity index (χ3v) is 3.90. The highest BCUT2D eigenvalue weighted by atomic mass is 16.5. The van der Waals surface area contributed by atoms with Crippen LogP contribution in [0.1, 0.15) is 12.0 Å². The minimum atomic E-state index is -0.286. The molecule has 1 aliphatic heterocycles. The summed E-state index contributed by atoms with van der Waals surface area (Å²) in [5, 5.41) is 13.5. The van der Waals surface area contributed by atoms with E-state index in [1.54, 1.807) is 18.2 Å². The highest BCUT2D eigenvalue weighted by molar-refractivity contribution is 5.95. The third kappa shape index (κ3) is 3.91. The van der Waals surface area contributed by atoms with Crippen LogP contribution in [0.4, 0.5) is 5.69 Å². The number of hydrogen-bond donors (Lipinski definition) is 4. The Morgan fingerprint density at radius 3 is 2.75 bits per heavy atom. The van der Waals surface area contributed by atoms with Gasteiger partial charge in [-0.3, -0.25) is 10.2 Å². The molecule has 3 rings (SSSR count). The van der Waals surface area contributed by atoms with Gasteiger partial charge in [-0.25, -0.2) is 0 Å². The molecule has 1 saturated heterocycles. The molecular formula is C18H20N4O2. The lowest BCUT2D eigenvalue weighted by Gasteiger charge is -2.14. The number of nitrogen functional groups attached to an aromatic ring is 1. The summed E-state index contributed by atoms with van der Waals surface area (Å²) < 4.78 is 5.90. The van der Waals surface area contributed by atoms with Crippen LogP contribution >= 0.6 is 0 Å². The number of benzene rings is 2. The van der Waals surface area contributed by atoms with Gasteiger partial charge in [0.15, 0.2) is 0 Å². The molecule has 0 bridgehead atoms. The summed E-state index contributed by atoms with van der Waals surface area (Å²) in [5.74, 6) is 0.591. The maximum absolute atomic E-state index is 12.3. The second kappa shape index (κ2) is 7.14. The predicted molar refractivity (Wildman–Crippen MR) is 93.4 cm³/mol. The first kappa shape index (κ1) is 16.0. The minimum Gasteiger partial charge on any atom is -0.489 e. The van der Waals surface area contributed by atoms with Crippen molar-refractivity contribution in [1.82, 2.24) is 5.32 Å². The van der Waals surface area contributed by atoms with E-state index in [4.69, 9.17) is 15.9 Å². The highest BCUT2D eigenvalue weighted by Gasteiger charge is 2.30. The van der Waals surface area contributed by atoms with Gasteiger partial charge in [-0.05, 0) is 24.3 Å². The van der Waals surface area contributed by atoms with Crippen molar-refractivity contribution in [1.29, 1.82) is 5.41 Å². The van der Waals surface area contributed by atoms with E-state index < -0.39 is 0 Å². The van der Waals surface area contributed by atoms with Crippen LogP contribution < -0.4 is 21.1 Å². The van der Waals surface area contributed by atoms with E-state index in [0.717, 1.165) is 5.69 Å². The molecule has 124 valence electrons. The van der Waals surface area contributed by atoms with Crippen LogP contribution in [0, 0.1) is 5.41 Å². The largest absolute Gasteiger partial charge is 0.489 e. The number of nitrogens with one attached hydrogen (secondary N) is 3. The molecule has 24 heavy (non-hydrogen) atoms. The molecule has 6 nitrogen and oxygen atoms in total. The number of amidine groups is 1. The third-order valence-electron chi connectivity index (χ3n) is 3.90. The molecule has 2 atom stereocenters. The minimum absolute atomic E-state index is 0.00473. The first-order valence-corrected chi connectivity index (χ1v) is 7.82. The van der Waals surface area contributed by atoms with Crippen molar-refractivity contribution in [2.75, 3.05) is 11.9 Å². The number of carbonyl (C=O) groups excluding carboxylic acids is 1. The molecule has 1 amide bonds. The van der Waals surface area contributed by atoms with Gasteiger partial charge in [0.05, 0.1) is 6.04 Å². The molecule has 1 fully saturated rings. The summed E-state index contributed by atoms with van der Waals surface area (Å²) >= 11 is 0. The molecule has 2 unspecified atom stereocenters. The second-order valence-electron chi connectivity index (χ2n) is 5.73. The first-order valence-electron chi connectivity index (χ1n) is 7.82. The number of carbonyl (C=O) groups is 1. The Kier molecular flexibility index (Phi) is 4.77. The Morgan fingerprint density at radius 2 is 2.00 bits per heavy atom. The number of anilines is 1. The van der Waals surface area contributed by atoms with Gasteiger partial charge in [0.25, 0.3) is 0 Å². The molecule has 0 saturated carbocycles. The Labute approximate surface area is 140 Å². The molecule has 0 radical (unpaired) electrons. The van der Waals surface area contributed by atoms with Crippen molar-refractivity contribution in [2.45, 2.75) is 18.6 Å². The average molecular weight is 324 g/mol. The smallest absolute Gasteiger partial charge is 0.241 e. The van der Waals surface area contributed by atoms with Crippen LogP contribution in [-0.2, 0) is 4.79 Å². The lowest BCUT2D eigenvalue weighted by atomic mass is 10.1. The fourth-order valence-corrected chi connectivity index (χ4v) is 2.67. The van der Waals surface area contributed by atoms with Gasteiger partial charge in [-0.15, -0.1) is 0 Å². The number of hydrogen-bond acceptors (Lipinski definition) is 4. The van der Waals surface area contributed by atoms with Crippen LogP contribution in [0.2, 0.25) is 0 Å². The van der Waals surface area contributed by atoms with E-state index in [1.807, 2.05) is 36.4 Å². The Balaban J connectivity index is 1.56. The van der Waals surface area contributed by atoms with Crippen molar-refractivity contribution in [2.24, 2.45) is 5.73 Å². The molecular weight excluding hydrogens is 304 g/mol. The van der Waals surface area contributed by atoms with Gasteiger partial charge in [0.1, 0.15) is 17.7 Å². The summed E-state index contributed by atoms with van der Waals surface area (Å²) in [7, 11) is 0. The van der Waals surface area contributed by atoms with Gasteiger partial charge in [0, 0.05) is 24.2 Å². The van der Waals surface area contributed by atoms with Gasteiger partial charge >= 0.3 is 0 Å². The monoisotopic (exact) mass is 324 g/mol. The van der Waals surface area contributed by atoms with Crippen LogP contribution in [-0.4, -0.2) is 30.4 Å². The molecule has 0 spiro atoms. The predicted octanol–water partition coefficient (Wildman–Crippen LogP) is 1.72. The number of rotatable bonds is 5. The zero-order valence-corrected chi connectivity index (χ0v) is 13.2. The van der Waals surface area contributed by atoms with Crippen molar-refractivity contribution in [3.05, 3.63) is 60.2 Å². The average Bonchev–Trinajstić information content (AvgIpc) is 3.04. The van der Waals surface area contributed by atoms with E-state index in [2.05, 4.69) is 10.6 Å². The van der Waals surface area contributed by atoms with E-state index in [-0.39, 0.29) is 23.9 Å². The molecule has 2 aromatic carbocycles. The molecule has 0 aromatic heterocycles. The number of nitrogens with two attached hydrogens (primary N) is 1. The molecule has 1 aliphatic rings. The lowest BCUT2D eigenvalue weighted by Crippen LogP contribution is -2.35. The van der Waals surface area contributed by atoms with E-state index >= 15 is 0 Å². The summed E-state index contributed by atoms with van der Waals surface area (Å²) in [4.78, 5) is 12.3. The van der Waals surface area contributed by atoms with Gasteiger partial charge < -0.3 is 21.1 Å². The summed E-state index contributed by atoms with van der Waals surface area (Å²) in [6.07, 6.45) is 0.488. The van der Waals surface area contributed by atoms with Gasteiger partial charge in [-0.2, -0.15) is 0 Å². The Bertz CT molecular complexity index is 733. The molecule has 1 heterocycles. The standard InChI is InChI=1S/C18H20N4O2/c19-17(20)12-5-4-8-14(9-12)24-15-10-16(21-11-15)18(23)22-13-6-2-1-3-7-13/h1-9,15-16,21H,10-11H2,(H3,19,20)(H,22,23). The number of amides is 1. The summed E-state index contributed by atoms with van der Waals surface area (Å²) in [6.45, 7) is 0.594. The molecule has 2 aromatic rings. The topological polar surface area (TPSA) is 100 Å². The first-order chi connectivity index (χ1) is 11.6. The molecule has 0 aliphatic carbocycles. The van der Waals surface area contributed by atoms with Crippen LogP contribution in [0.15, 0.2) is 54.6 Å². The quantitative estimate of drug-likeness (QED) is 0.497. The lowest BCUT2D eigenvalue weighted by molar-refractivity contribution is -0.117. The van der Waals surface area contributed by atoms with Crippen molar-refractivity contribution >= 4 is 17.4 Å². The van der Waals surface area contributed by atoms with Crippen LogP contribution in [0.5, 0.6) is 5.75 Å². The van der Waals surface area contributed by atoms with Crippen LogP contribution in [0.25, 0.3) is 0 Å². The van der Waals surface area contributed by atoms with Crippen molar-refractivity contribution in [3.63, 3.8) is 0 Å². The maximum atomic E-state index is 12.3. The van der Waals surface area contributed by atoms with Gasteiger partial charge in [0.2, 0.25) is 5.91 Å². The SMILES string of the molecule is N=C(N)c1cccc(OC2CNC(C(=O)Nc3ccccc3)C2)c1.